The van der Waals surface area contributed by atoms with E-state index in [0.717, 1.165) is 58.5 Å². The zero-order valence-corrected chi connectivity index (χ0v) is 16.6. The van der Waals surface area contributed by atoms with Gasteiger partial charge in [-0.2, -0.15) is 0 Å². The first-order chi connectivity index (χ1) is 13.7. The molecule has 1 heterocycles. The minimum Gasteiger partial charge on any atom is -0.495 e. The smallest absolute Gasteiger partial charge is 0.227 e. The second-order valence-electron chi connectivity index (χ2n) is 7.48. The number of nitrogens with one attached hydrogen (secondary N) is 2. The molecule has 0 bridgehead atoms. The summed E-state index contributed by atoms with van der Waals surface area (Å²) in [5.74, 6) is 0.749. The molecule has 7 nitrogen and oxygen atoms in total. The second-order valence-corrected chi connectivity index (χ2v) is 7.48. The zero-order valence-electron chi connectivity index (χ0n) is 16.6. The molecule has 7 heteroatoms. The van der Waals surface area contributed by atoms with Crippen LogP contribution in [0.25, 0.3) is 0 Å². The molecule has 0 aromatic heterocycles. The van der Waals surface area contributed by atoms with E-state index in [2.05, 4.69) is 15.5 Å². The first kappa shape index (κ1) is 20.6. The van der Waals surface area contributed by atoms with E-state index in [4.69, 9.17) is 9.47 Å². The van der Waals surface area contributed by atoms with Gasteiger partial charge in [-0.1, -0.05) is 12.1 Å². The maximum atomic E-state index is 12.6. The highest BCUT2D eigenvalue weighted by molar-refractivity contribution is 5.94. The van der Waals surface area contributed by atoms with Crippen LogP contribution >= 0.6 is 0 Å². The normalized spacial score (nSPS) is 23.0. The average molecular weight is 389 g/mol. The van der Waals surface area contributed by atoms with Gasteiger partial charge in [0.2, 0.25) is 11.8 Å². The van der Waals surface area contributed by atoms with Crippen LogP contribution < -0.4 is 15.4 Å². The van der Waals surface area contributed by atoms with Crippen LogP contribution in [0.2, 0.25) is 0 Å². The Hall–Kier alpha value is -2.12. The van der Waals surface area contributed by atoms with Crippen molar-refractivity contribution in [1.29, 1.82) is 0 Å². The van der Waals surface area contributed by atoms with E-state index in [1.807, 2.05) is 24.3 Å². The Labute approximate surface area is 166 Å². The van der Waals surface area contributed by atoms with E-state index in [1.54, 1.807) is 7.11 Å². The third-order valence-electron chi connectivity index (χ3n) is 5.66. The molecule has 1 aromatic rings. The predicted molar refractivity (Wildman–Crippen MR) is 107 cm³/mol. The third-order valence-corrected chi connectivity index (χ3v) is 5.66. The van der Waals surface area contributed by atoms with E-state index in [9.17, 15) is 9.59 Å². The van der Waals surface area contributed by atoms with Crippen molar-refractivity contribution in [3.05, 3.63) is 24.3 Å². The van der Waals surface area contributed by atoms with E-state index in [0.29, 0.717) is 18.0 Å². The summed E-state index contributed by atoms with van der Waals surface area (Å²) in [5.41, 5.74) is 0.693. The van der Waals surface area contributed by atoms with Gasteiger partial charge in [-0.05, 0) is 37.8 Å². The number of carbonyl (C=O) groups is 2. The molecule has 28 heavy (non-hydrogen) atoms. The molecular formula is C21H31N3O4. The van der Waals surface area contributed by atoms with E-state index < -0.39 is 0 Å². The van der Waals surface area contributed by atoms with E-state index in [-0.39, 0.29) is 23.7 Å². The molecule has 1 aromatic carbocycles. The van der Waals surface area contributed by atoms with Crippen LogP contribution in [0.1, 0.15) is 25.7 Å². The standard InChI is InChI=1S/C21H31N3O4/c1-27-19-5-3-2-4-18(19)23-21(26)17-8-6-16(7-9-17)20(25)22-10-11-24-12-14-28-15-13-24/h2-5,16-17H,6-15H2,1H3,(H,22,25)(H,23,26). The fourth-order valence-electron chi connectivity index (χ4n) is 3.91. The summed E-state index contributed by atoms with van der Waals surface area (Å²) in [4.78, 5) is 27.3. The molecular weight excluding hydrogens is 358 g/mol. The Morgan fingerprint density at radius 2 is 1.71 bits per heavy atom. The van der Waals surface area contributed by atoms with Gasteiger partial charge in [0.25, 0.3) is 0 Å². The van der Waals surface area contributed by atoms with Crippen molar-refractivity contribution < 1.29 is 19.1 Å². The molecule has 1 aliphatic heterocycles. The third kappa shape index (κ3) is 5.69. The summed E-state index contributed by atoms with van der Waals surface area (Å²) < 4.78 is 10.6. The summed E-state index contributed by atoms with van der Waals surface area (Å²) in [6.07, 6.45) is 2.99. The Morgan fingerprint density at radius 1 is 1.07 bits per heavy atom. The van der Waals surface area contributed by atoms with Crippen molar-refractivity contribution in [3.63, 3.8) is 0 Å². The van der Waals surface area contributed by atoms with Gasteiger partial charge in [-0.3, -0.25) is 14.5 Å². The van der Waals surface area contributed by atoms with Crippen molar-refractivity contribution in [2.75, 3.05) is 51.8 Å². The zero-order chi connectivity index (χ0) is 19.8. The maximum Gasteiger partial charge on any atom is 0.227 e. The molecule has 154 valence electrons. The molecule has 1 saturated heterocycles. The molecule has 0 radical (unpaired) electrons. The van der Waals surface area contributed by atoms with Gasteiger partial charge in [0, 0.05) is 38.0 Å². The lowest BCUT2D eigenvalue weighted by atomic mass is 9.81. The van der Waals surface area contributed by atoms with Crippen LogP contribution in [-0.2, 0) is 14.3 Å². The van der Waals surface area contributed by atoms with Crippen molar-refractivity contribution in [2.45, 2.75) is 25.7 Å². The number of methoxy groups -OCH3 is 1. The van der Waals surface area contributed by atoms with Gasteiger partial charge in [0.05, 0.1) is 26.0 Å². The summed E-state index contributed by atoms with van der Waals surface area (Å²) in [6, 6.07) is 7.41. The average Bonchev–Trinajstić information content (AvgIpc) is 2.75. The highest BCUT2D eigenvalue weighted by Gasteiger charge is 2.30. The van der Waals surface area contributed by atoms with Gasteiger partial charge < -0.3 is 20.1 Å². The number of para-hydroxylation sites is 2. The predicted octanol–water partition coefficient (Wildman–Crippen LogP) is 1.89. The first-order valence-corrected chi connectivity index (χ1v) is 10.2. The molecule has 2 aliphatic rings. The number of anilines is 1. The van der Waals surface area contributed by atoms with Crippen molar-refractivity contribution in [3.8, 4) is 5.75 Å². The lowest BCUT2D eigenvalue weighted by Gasteiger charge is -2.29. The maximum absolute atomic E-state index is 12.6. The van der Waals surface area contributed by atoms with Crippen LogP contribution in [0, 0.1) is 11.8 Å². The van der Waals surface area contributed by atoms with Gasteiger partial charge in [-0.25, -0.2) is 0 Å². The molecule has 2 N–H and O–H groups in total. The van der Waals surface area contributed by atoms with Crippen LogP contribution in [0.5, 0.6) is 5.75 Å². The largest absolute Gasteiger partial charge is 0.495 e. The molecule has 1 saturated carbocycles. The monoisotopic (exact) mass is 389 g/mol. The van der Waals surface area contributed by atoms with Gasteiger partial charge in [0.15, 0.2) is 0 Å². The molecule has 0 unspecified atom stereocenters. The SMILES string of the molecule is COc1ccccc1NC(=O)C1CCC(C(=O)NCCN2CCOCC2)CC1. The Balaban J connectivity index is 1.38. The van der Waals surface area contributed by atoms with Gasteiger partial charge >= 0.3 is 0 Å². The highest BCUT2D eigenvalue weighted by Crippen LogP contribution is 2.31. The van der Waals surface area contributed by atoms with E-state index in [1.165, 1.54) is 0 Å². The van der Waals surface area contributed by atoms with Crippen molar-refractivity contribution in [2.24, 2.45) is 11.8 Å². The molecule has 0 atom stereocenters. The Bertz CT molecular complexity index is 653. The number of hydrogen-bond acceptors (Lipinski definition) is 5. The number of amides is 2. The quantitative estimate of drug-likeness (QED) is 0.744. The van der Waals surface area contributed by atoms with Crippen LogP contribution in [-0.4, -0.2) is 63.2 Å². The molecule has 0 spiro atoms. The second kappa shape index (κ2) is 10.4. The van der Waals surface area contributed by atoms with E-state index >= 15 is 0 Å². The lowest BCUT2D eigenvalue weighted by Crippen LogP contribution is -2.43. The number of hydrogen-bond donors (Lipinski definition) is 2. The number of morpholine rings is 1. The summed E-state index contributed by atoms with van der Waals surface area (Å²) in [6.45, 7) is 4.95. The molecule has 2 amide bonds. The minimum absolute atomic E-state index is 0.00988. The summed E-state index contributed by atoms with van der Waals surface area (Å²) in [7, 11) is 1.59. The molecule has 3 rings (SSSR count). The van der Waals surface area contributed by atoms with Crippen molar-refractivity contribution in [1.82, 2.24) is 10.2 Å². The number of rotatable bonds is 7. The Morgan fingerprint density at radius 3 is 2.39 bits per heavy atom. The Kier molecular flexibility index (Phi) is 7.68. The van der Waals surface area contributed by atoms with Crippen LogP contribution in [0.3, 0.4) is 0 Å². The summed E-state index contributed by atoms with van der Waals surface area (Å²) >= 11 is 0. The molecule has 1 aliphatic carbocycles. The van der Waals surface area contributed by atoms with Crippen molar-refractivity contribution >= 4 is 17.5 Å². The first-order valence-electron chi connectivity index (χ1n) is 10.2. The highest BCUT2D eigenvalue weighted by atomic mass is 16.5. The van der Waals surface area contributed by atoms with Crippen LogP contribution in [0.15, 0.2) is 24.3 Å². The topological polar surface area (TPSA) is 79.9 Å². The fourth-order valence-corrected chi connectivity index (χ4v) is 3.91. The minimum atomic E-state index is -0.0534. The lowest BCUT2D eigenvalue weighted by molar-refractivity contribution is -0.128. The number of benzene rings is 1. The molecule has 2 fully saturated rings. The van der Waals surface area contributed by atoms with Crippen LogP contribution in [0.4, 0.5) is 5.69 Å². The summed E-state index contributed by atoms with van der Waals surface area (Å²) in [5, 5.41) is 6.03. The number of ether oxygens (including phenoxy) is 2. The van der Waals surface area contributed by atoms with Gasteiger partial charge in [0.1, 0.15) is 5.75 Å². The number of nitrogens with zero attached hydrogens (tertiary/aromatic N) is 1. The van der Waals surface area contributed by atoms with Gasteiger partial charge in [-0.15, -0.1) is 0 Å². The fraction of sp³-hybridized carbons (Fsp3) is 0.619. The number of carbonyl (C=O) groups excluding carboxylic acids is 2.